The second kappa shape index (κ2) is 5.80. The minimum atomic E-state index is -0.273. The fraction of sp³-hybridized carbons (Fsp3) is 0.0769. The highest BCUT2D eigenvalue weighted by atomic mass is 35.5. The van der Waals surface area contributed by atoms with E-state index in [2.05, 4.69) is 10.5 Å². The summed E-state index contributed by atoms with van der Waals surface area (Å²) in [7, 11) is 0. The number of thiophene rings is 1. The highest BCUT2D eigenvalue weighted by Crippen LogP contribution is 2.16. The van der Waals surface area contributed by atoms with Gasteiger partial charge in [0.1, 0.15) is 0 Å². The Labute approximate surface area is 114 Å². The number of hydrogen-bond acceptors (Lipinski definition) is 3. The van der Waals surface area contributed by atoms with Gasteiger partial charge >= 0.3 is 0 Å². The molecule has 1 aromatic heterocycles. The Morgan fingerprint density at radius 3 is 2.94 bits per heavy atom. The van der Waals surface area contributed by atoms with Crippen molar-refractivity contribution in [1.82, 2.24) is 5.43 Å². The van der Waals surface area contributed by atoms with E-state index >= 15 is 0 Å². The Morgan fingerprint density at radius 2 is 2.28 bits per heavy atom. The predicted molar refractivity (Wildman–Crippen MR) is 75.6 cm³/mol. The molecule has 0 aliphatic heterocycles. The van der Waals surface area contributed by atoms with Crippen molar-refractivity contribution in [3.8, 4) is 0 Å². The van der Waals surface area contributed by atoms with Crippen LogP contribution in [-0.2, 0) is 0 Å². The van der Waals surface area contributed by atoms with Gasteiger partial charge in [0.15, 0.2) is 0 Å². The number of nitrogens with one attached hydrogen (secondary N) is 1. The number of aryl methyl sites for hydroxylation is 1. The molecule has 0 atom stereocenters. The summed E-state index contributed by atoms with van der Waals surface area (Å²) in [5, 5.41) is 6.41. The first-order valence-corrected chi connectivity index (χ1v) is 6.55. The smallest absolute Gasteiger partial charge is 0.267 e. The van der Waals surface area contributed by atoms with E-state index in [1.807, 2.05) is 24.4 Å². The predicted octanol–water partition coefficient (Wildman–Crippen LogP) is 3.47. The van der Waals surface area contributed by atoms with Gasteiger partial charge in [0.2, 0.25) is 0 Å². The highest BCUT2D eigenvalue weighted by Gasteiger charge is 2.05. The summed E-state index contributed by atoms with van der Waals surface area (Å²) < 4.78 is 0. The van der Waals surface area contributed by atoms with Gasteiger partial charge in [0.05, 0.1) is 6.21 Å². The number of benzene rings is 1. The summed E-state index contributed by atoms with van der Waals surface area (Å²) in [6.45, 7) is 1.89. The first-order chi connectivity index (χ1) is 8.66. The lowest BCUT2D eigenvalue weighted by atomic mass is 10.1. The second-order valence-electron chi connectivity index (χ2n) is 3.68. The van der Waals surface area contributed by atoms with Crippen LogP contribution in [0.4, 0.5) is 0 Å². The molecular weight excluding hydrogens is 268 g/mol. The van der Waals surface area contributed by atoms with Gasteiger partial charge in [-0.05, 0) is 36.1 Å². The molecule has 1 heterocycles. The standard InChI is InChI=1S/C13H11ClN2OS/c1-9-4-5-10(7-12(9)14)13(17)16-15-8-11-3-2-6-18-11/h2-8H,1H3,(H,16,17)/b15-8-. The minimum absolute atomic E-state index is 0.273. The van der Waals surface area contributed by atoms with E-state index in [9.17, 15) is 4.79 Å². The van der Waals surface area contributed by atoms with Crippen LogP contribution in [0, 0.1) is 6.92 Å². The molecule has 0 radical (unpaired) electrons. The Bertz CT molecular complexity index is 579. The molecule has 2 aromatic rings. The molecular formula is C13H11ClN2OS. The molecule has 0 aliphatic carbocycles. The third-order valence-electron chi connectivity index (χ3n) is 2.34. The van der Waals surface area contributed by atoms with Crippen LogP contribution in [0.5, 0.6) is 0 Å². The average Bonchev–Trinajstić information content (AvgIpc) is 2.85. The number of amides is 1. The average molecular weight is 279 g/mol. The van der Waals surface area contributed by atoms with E-state index in [-0.39, 0.29) is 5.91 Å². The fourth-order valence-electron chi connectivity index (χ4n) is 1.32. The van der Waals surface area contributed by atoms with Crippen LogP contribution in [0.3, 0.4) is 0 Å². The molecule has 0 saturated carbocycles. The number of rotatable bonds is 3. The molecule has 1 N–H and O–H groups in total. The van der Waals surface area contributed by atoms with Gasteiger partial charge in [-0.25, -0.2) is 5.43 Å². The molecule has 0 saturated heterocycles. The number of carbonyl (C=O) groups excluding carboxylic acids is 1. The highest BCUT2D eigenvalue weighted by molar-refractivity contribution is 7.11. The lowest BCUT2D eigenvalue weighted by Crippen LogP contribution is -2.17. The molecule has 2 rings (SSSR count). The second-order valence-corrected chi connectivity index (χ2v) is 5.06. The van der Waals surface area contributed by atoms with Crippen LogP contribution in [0.1, 0.15) is 20.8 Å². The lowest BCUT2D eigenvalue weighted by Gasteiger charge is -2.02. The van der Waals surface area contributed by atoms with Crippen LogP contribution in [0.2, 0.25) is 5.02 Å². The van der Waals surface area contributed by atoms with E-state index in [0.717, 1.165) is 10.4 Å². The quantitative estimate of drug-likeness (QED) is 0.678. The third-order valence-corrected chi connectivity index (χ3v) is 3.55. The van der Waals surface area contributed by atoms with Crippen molar-refractivity contribution >= 4 is 35.1 Å². The first kappa shape index (κ1) is 12.8. The Morgan fingerprint density at radius 1 is 1.44 bits per heavy atom. The monoisotopic (exact) mass is 278 g/mol. The van der Waals surface area contributed by atoms with Gasteiger partial charge in [-0.1, -0.05) is 23.7 Å². The summed E-state index contributed by atoms with van der Waals surface area (Å²) in [4.78, 5) is 12.7. The van der Waals surface area contributed by atoms with Gasteiger partial charge < -0.3 is 0 Å². The first-order valence-electron chi connectivity index (χ1n) is 5.30. The molecule has 1 aromatic carbocycles. The zero-order valence-corrected chi connectivity index (χ0v) is 11.3. The summed E-state index contributed by atoms with van der Waals surface area (Å²) >= 11 is 7.51. The van der Waals surface area contributed by atoms with Gasteiger partial charge in [-0.15, -0.1) is 11.3 Å². The van der Waals surface area contributed by atoms with Gasteiger partial charge in [0, 0.05) is 15.5 Å². The van der Waals surface area contributed by atoms with Crippen molar-refractivity contribution in [3.05, 3.63) is 56.7 Å². The number of hydrogen-bond donors (Lipinski definition) is 1. The number of nitrogens with zero attached hydrogens (tertiary/aromatic N) is 1. The van der Waals surface area contributed by atoms with Gasteiger partial charge in [-0.2, -0.15) is 5.10 Å². The van der Waals surface area contributed by atoms with Crippen molar-refractivity contribution in [2.45, 2.75) is 6.92 Å². The van der Waals surface area contributed by atoms with Crippen molar-refractivity contribution in [2.75, 3.05) is 0 Å². The maximum absolute atomic E-state index is 11.8. The molecule has 5 heteroatoms. The number of halogens is 1. The molecule has 0 aliphatic rings. The molecule has 92 valence electrons. The van der Waals surface area contributed by atoms with Crippen LogP contribution in [-0.4, -0.2) is 12.1 Å². The number of hydrazone groups is 1. The summed E-state index contributed by atoms with van der Waals surface area (Å²) in [6, 6.07) is 9.00. The van der Waals surface area contributed by atoms with E-state index < -0.39 is 0 Å². The van der Waals surface area contributed by atoms with E-state index in [0.29, 0.717) is 10.6 Å². The van der Waals surface area contributed by atoms with E-state index in [1.165, 1.54) is 0 Å². The minimum Gasteiger partial charge on any atom is -0.267 e. The Balaban J connectivity index is 2.01. The van der Waals surface area contributed by atoms with E-state index in [1.54, 1.807) is 35.8 Å². The van der Waals surface area contributed by atoms with Crippen LogP contribution in [0.25, 0.3) is 0 Å². The van der Waals surface area contributed by atoms with Gasteiger partial charge in [-0.3, -0.25) is 4.79 Å². The Hall–Kier alpha value is -1.65. The molecule has 1 amide bonds. The molecule has 18 heavy (non-hydrogen) atoms. The van der Waals surface area contributed by atoms with Crippen LogP contribution < -0.4 is 5.43 Å². The van der Waals surface area contributed by atoms with Crippen molar-refractivity contribution in [2.24, 2.45) is 5.10 Å². The molecule has 0 fully saturated rings. The summed E-state index contributed by atoms with van der Waals surface area (Å²) in [6.07, 6.45) is 1.61. The number of carbonyl (C=O) groups is 1. The maximum Gasteiger partial charge on any atom is 0.271 e. The van der Waals surface area contributed by atoms with Crippen molar-refractivity contribution in [3.63, 3.8) is 0 Å². The largest absolute Gasteiger partial charge is 0.271 e. The fourth-order valence-corrected chi connectivity index (χ4v) is 2.08. The zero-order valence-electron chi connectivity index (χ0n) is 9.68. The van der Waals surface area contributed by atoms with Crippen molar-refractivity contribution < 1.29 is 4.79 Å². The molecule has 3 nitrogen and oxygen atoms in total. The van der Waals surface area contributed by atoms with Gasteiger partial charge in [0.25, 0.3) is 5.91 Å². The van der Waals surface area contributed by atoms with Crippen LogP contribution >= 0.6 is 22.9 Å². The molecule has 0 bridgehead atoms. The molecule has 0 unspecified atom stereocenters. The Kier molecular flexibility index (Phi) is 4.12. The summed E-state index contributed by atoms with van der Waals surface area (Å²) in [5.41, 5.74) is 3.90. The lowest BCUT2D eigenvalue weighted by molar-refractivity contribution is 0.0955. The third kappa shape index (κ3) is 3.18. The van der Waals surface area contributed by atoms with Crippen LogP contribution in [0.15, 0.2) is 40.8 Å². The van der Waals surface area contributed by atoms with E-state index in [4.69, 9.17) is 11.6 Å². The SMILES string of the molecule is Cc1ccc(C(=O)N/N=C\c2cccs2)cc1Cl. The topological polar surface area (TPSA) is 41.5 Å². The zero-order chi connectivity index (χ0) is 13.0. The molecule has 0 spiro atoms. The normalized spacial score (nSPS) is 10.8. The maximum atomic E-state index is 11.8. The van der Waals surface area contributed by atoms with Crippen molar-refractivity contribution in [1.29, 1.82) is 0 Å². The summed E-state index contributed by atoms with van der Waals surface area (Å²) in [5.74, 6) is -0.273.